The molecule has 8 nitrogen and oxygen atoms in total. The first-order valence-corrected chi connectivity index (χ1v) is 15.5. The van der Waals surface area contributed by atoms with Gasteiger partial charge in [0.1, 0.15) is 11.3 Å². The smallest absolute Gasteiger partial charge is 0.260 e. The fraction of sp³-hybridized carbons (Fsp3) is 0.345. The molecule has 0 saturated carbocycles. The summed E-state index contributed by atoms with van der Waals surface area (Å²) in [6.45, 7) is 5.20. The Morgan fingerprint density at radius 3 is 2.62 bits per heavy atom. The molecule has 0 aliphatic carbocycles. The van der Waals surface area contributed by atoms with Crippen molar-refractivity contribution in [3.8, 4) is 5.75 Å². The summed E-state index contributed by atoms with van der Waals surface area (Å²) in [4.78, 5) is 24.9. The molecule has 1 aliphatic heterocycles. The zero-order valence-corrected chi connectivity index (χ0v) is 23.7. The Kier molecular flexibility index (Phi) is 8.25. The topological polar surface area (TPSA) is 92.7 Å². The van der Waals surface area contributed by atoms with Crippen molar-refractivity contribution in [2.75, 3.05) is 18.1 Å². The SMILES string of the molecule is CCOc1cccc2sc(N(Cc3ccccn3)C(=O)c3ccc(S(=O)(=O)N4CCCCC4CC)cc3)nc12. The molecule has 0 bridgehead atoms. The summed E-state index contributed by atoms with van der Waals surface area (Å²) < 4.78 is 35.1. The second kappa shape index (κ2) is 11.8. The number of thiazole rings is 1. The summed E-state index contributed by atoms with van der Waals surface area (Å²) in [5.41, 5.74) is 1.79. The Bertz CT molecular complexity index is 1540. The summed E-state index contributed by atoms with van der Waals surface area (Å²) in [6.07, 6.45) is 5.25. The summed E-state index contributed by atoms with van der Waals surface area (Å²) in [6, 6.07) is 17.5. The number of para-hydroxylation sites is 1. The molecule has 5 rings (SSSR count). The van der Waals surface area contributed by atoms with Crippen molar-refractivity contribution in [2.45, 2.75) is 57.0 Å². The van der Waals surface area contributed by atoms with Gasteiger partial charge in [-0.05, 0) is 74.7 Å². The third-order valence-corrected chi connectivity index (χ3v) is 9.95. The Balaban J connectivity index is 1.48. The van der Waals surface area contributed by atoms with E-state index in [0.717, 1.165) is 30.4 Å². The minimum atomic E-state index is -3.64. The number of nitrogens with zero attached hydrogens (tertiary/aromatic N) is 4. The van der Waals surface area contributed by atoms with E-state index < -0.39 is 10.0 Å². The first kappa shape index (κ1) is 27.2. The van der Waals surface area contributed by atoms with Crippen molar-refractivity contribution in [1.82, 2.24) is 14.3 Å². The van der Waals surface area contributed by atoms with E-state index >= 15 is 0 Å². The molecule has 1 aliphatic rings. The molecule has 3 heterocycles. The molecule has 1 saturated heterocycles. The number of benzene rings is 2. The fourth-order valence-corrected chi connectivity index (χ4v) is 7.69. The number of piperidine rings is 1. The molecule has 1 fully saturated rings. The number of aromatic nitrogens is 2. The highest BCUT2D eigenvalue weighted by Crippen LogP contribution is 2.35. The number of rotatable bonds is 9. The van der Waals surface area contributed by atoms with Crippen LogP contribution in [0.25, 0.3) is 10.2 Å². The third kappa shape index (κ3) is 5.68. The van der Waals surface area contributed by atoms with Crippen LogP contribution < -0.4 is 9.64 Å². The first-order valence-electron chi connectivity index (χ1n) is 13.3. The Hall–Kier alpha value is -3.34. The number of hydrogen-bond acceptors (Lipinski definition) is 7. The van der Waals surface area contributed by atoms with Crippen molar-refractivity contribution >= 4 is 42.6 Å². The van der Waals surface area contributed by atoms with Crippen molar-refractivity contribution in [2.24, 2.45) is 0 Å². The lowest BCUT2D eigenvalue weighted by molar-refractivity contribution is 0.0984. The van der Waals surface area contributed by atoms with Crippen LogP contribution in [0.5, 0.6) is 5.75 Å². The van der Waals surface area contributed by atoms with Crippen molar-refractivity contribution in [3.05, 3.63) is 78.1 Å². The van der Waals surface area contributed by atoms with E-state index in [9.17, 15) is 13.2 Å². The second-order valence-electron chi connectivity index (χ2n) is 9.44. The van der Waals surface area contributed by atoms with Gasteiger partial charge >= 0.3 is 0 Å². The molecule has 2 aromatic heterocycles. The molecule has 1 amide bonds. The highest BCUT2D eigenvalue weighted by molar-refractivity contribution is 7.89. The zero-order valence-electron chi connectivity index (χ0n) is 22.1. The van der Waals surface area contributed by atoms with E-state index in [1.54, 1.807) is 27.5 Å². The highest BCUT2D eigenvalue weighted by Gasteiger charge is 2.33. The van der Waals surface area contributed by atoms with Gasteiger partial charge in [-0.1, -0.05) is 36.8 Å². The monoisotopic (exact) mass is 564 g/mol. The molecule has 2 aromatic carbocycles. The number of pyridine rings is 1. The van der Waals surface area contributed by atoms with Crippen LogP contribution in [0, 0.1) is 0 Å². The predicted molar refractivity (Wildman–Crippen MR) is 154 cm³/mol. The lowest BCUT2D eigenvalue weighted by Crippen LogP contribution is -2.43. The number of sulfonamides is 1. The molecule has 0 spiro atoms. The number of fused-ring (bicyclic) bond motifs is 1. The molecular formula is C29H32N4O4S2. The number of ether oxygens (including phenoxy) is 1. The largest absolute Gasteiger partial charge is 0.492 e. The van der Waals surface area contributed by atoms with Gasteiger partial charge in [-0.25, -0.2) is 13.4 Å². The lowest BCUT2D eigenvalue weighted by atomic mass is 10.0. The number of carbonyl (C=O) groups is 1. The van der Waals surface area contributed by atoms with Gasteiger partial charge in [-0.3, -0.25) is 14.7 Å². The number of carbonyl (C=O) groups excluding carboxylic acids is 1. The van der Waals surface area contributed by atoms with Crippen molar-refractivity contribution in [3.63, 3.8) is 0 Å². The quantitative estimate of drug-likeness (QED) is 0.252. The molecule has 1 unspecified atom stereocenters. The third-order valence-electron chi connectivity index (χ3n) is 6.95. The van der Waals surface area contributed by atoms with Crippen LogP contribution in [0.4, 0.5) is 5.13 Å². The van der Waals surface area contributed by atoms with Crippen LogP contribution in [0.1, 0.15) is 55.6 Å². The van der Waals surface area contributed by atoms with Crippen molar-refractivity contribution < 1.29 is 17.9 Å². The molecule has 0 radical (unpaired) electrons. The predicted octanol–water partition coefficient (Wildman–Crippen LogP) is 5.89. The van der Waals surface area contributed by atoms with Crippen LogP contribution >= 0.6 is 11.3 Å². The minimum absolute atomic E-state index is 0.0135. The van der Waals surface area contributed by atoms with Crippen LogP contribution in [0.2, 0.25) is 0 Å². The lowest BCUT2D eigenvalue weighted by Gasteiger charge is -2.34. The Morgan fingerprint density at radius 1 is 1.08 bits per heavy atom. The van der Waals surface area contributed by atoms with Crippen molar-refractivity contribution in [1.29, 1.82) is 0 Å². The van der Waals surface area contributed by atoms with Gasteiger partial charge in [0.15, 0.2) is 5.13 Å². The van der Waals surface area contributed by atoms with Gasteiger partial charge in [0.05, 0.1) is 28.4 Å². The molecule has 4 aromatic rings. The van der Waals surface area contributed by atoms with Gasteiger partial charge in [0, 0.05) is 24.3 Å². The maximum Gasteiger partial charge on any atom is 0.260 e. The van der Waals surface area contributed by atoms with E-state index in [2.05, 4.69) is 4.98 Å². The average Bonchev–Trinajstić information content (AvgIpc) is 3.41. The number of anilines is 1. The maximum absolute atomic E-state index is 13.9. The fourth-order valence-electron chi connectivity index (χ4n) is 4.94. The summed E-state index contributed by atoms with van der Waals surface area (Å²) >= 11 is 1.40. The van der Waals surface area contributed by atoms with E-state index in [0.29, 0.717) is 40.8 Å². The Morgan fingerprint density at radius 2 is 1.90 bits per heavy atom. The second-order valence-corrected chi connectivity index (χ2v) is 12.3. The van der Waals surface area contributed by atoms with Gasteiger partial charge in [0.25, 0.3) is 5.91 Å². The normalized spacial score (nSPS) is 16.3. The number of hydrogen-bond donors (Lipinski definition) is 0. The summed E-state index contributed by atoms with van der Waals surface area (Å²) in [5, 5.41) is 0.517. The highest BCUT2D eigenvalue weighted by atomic mass is 32.2. The van der Waals surface area contributed by atoms with E-state index in [-0.39, 0.29) is 23.4 Å². The minimum Gasteiger partial charge on any atom is -0.492 e. The standard InChI is InChI=1S/C29H32N4O4S2/c1-3-23-11-6-8-19-33(23)39(35,36)24-16-14-21(15-17-24)28(34)32(20-22-10-5-7-18-30-22)29-31-27-25(37-4-2)12-9-13-26(27)38-29/h5,7,9-10,12-18,23H,3-4,6,8,11,19-20H2,1-2H3. The molecule has 39 heavy (non-hydrogen) atoms. The molecule has 10 heteroatoms. The number of amides is 1. The van der Waals surface area contributed by atoms with Gasteiger partial charge in [-0.15, -0.1) is 0 Å². The molecular weight excluding hydrogens is 532 g/mol. The van der Waals surface area contributed by atoms with Gasteiger partial charge in [0.2, 0.25) is 10.0 Å². The summed E-state index contributed by atoms with van der Waals surface area (Å²) in [5.74, 6) is 0.381. The molecule has 0 N–H and O–H groups in total. The van der Waals surface area contributed by atoms with Gasteiger partial charge < -0.3 is 4.74 Å². The molecule has 204 valence electrons. The van der Waals surface area contributed by atoms with E-state index in [1.165, 1.54) is 23.5 Å². The molecule has 1 atom stereocenters. The Labute approximate surface area is 233 Å². The van der Waals surface area contributed by atoms with E-state index in [1.807, 2.05) is 50.2 Å². The van der Waals surface area contributed by atoms with Crippen LogP contribution in [0.3, 0.4) is 0 Å². The van der Waals surface area contributed by atoms with Gasteiger partial charge in [-0.2, -0.15) is 4.31 Å². The zero-order chi connectivity index (χ0) is 27.4. The van der Waals surface area contributed by atoms with Crippen LogP contribution in [-0.2, 0) is 16.6 Å². The van der Waals surface area contributed by atoms with Crippen LogP contribution in [-0.4, -0.2) is 47.8 Å². The average molecular weight is 565 g/mol. The van der Waals surface area contributed by atoms with E-state index in [4.69, 9.17) is 9.72 Å². The maximum atomic E-state index is 13.9. The summed E-state index contributed by atoms with van der Waals surface area (Å²) in [7, 11) is -3.64. The first-order chi connectivity index (χ1) is 18.9. The van der Waals surface area contributed by atoms with Crippen LogP contribution in [0.15, 0.2) is 71.8 Å².